The van der Waals surface area contributed by atoms with E-state index in [2.05, 4.69) is 12.3 Å². The van der Waals surface area contributed by atoms with Gasteiger partial charge in [-0.25, -0.2) is 0 Å². The molecule has 17 heavy (non-hydrogen) atoms. The normalized spacial score (nSPS) is 14.6. The van der Waals surface area contributed by atoms with Gasteiger partial charge in [-0.15, -0.1) is 0 Å². The molecule has 0 saturated heterocycles. The molecule has 0 heterocycles. The zero-order chi connectivity index (χ0) is 12.8. The number of halogens is 1. The monoisotopic (exact) mass is 256 g/mol. The van der Waals surface area contributed by atoms with Crippen LogP contribution >= 0.6 is 11.6 Å². The molecule has 1 aromatic carbocycles. The summed E-state index contributed by atoms with van der Waals surface area (Å²) in [6, 6.07) is 5.95. The van der Waals surface area contributed by atoms with E-state index < -0.39 is 0 Å². The number of hydrogen-bond donors (Lipinski definition) is 2. The molecule has 0 saturated carbocycles. The van der Waals surface area contributed by atoms with E-state index in [1.165, 1.54) is 0 Å². The van der Waals surface area contributed by atoms with Crippen molar-refractivity contribution in [2.75, 3.05) is 7.11 Å². The third kappa shape index (κ3) is 3.68. The fourth-order valence-electron chi connectivity index (χ4n) is 1.93. The van der Waals surface area contributed by atoms with E-state index in [0.29, 0.717) is 0 Å². The third-order valence-electron chi connectivity index (χ3n) is 2.98. The lowest BCUT2D eigenvalue weighted by atomic mass is 9.98. The van der Waals surface area contributed by atoms with Crippen molar-refractivity contribution in [3.8, 4) is 0 Å². The van der Waals surface area contributed by atoms with Crippen LogP contribution < -0.4 is 11.3 Å². The average Bonchev–Trinajstić information content (AvgIpc) is 2.33. The van der Waals surface area contributed by atoms with Crippen LogP contribution in [0.3, 0.4) is 0 Å². The van der Waals surface area contributed by atoms with Crippen LogP contribution in [0, 0.1) is 6.92 Å². The minimum absolute atomic E-state index is 0.0296. The molecule has 0 amide bonds. The third-order valence-corrected chi connectivity index (χ3v) is 3.39. The predicted molar refractivity (Wildman–Crippen MR) is 72.0 cm³/mol. The van der Waals surface area contributed by atoms with E-state index in [9.17, 15) is 0 Å². The lowest BCUT2D eigenvalue weighted by Gasteiger charge is -2.25. The molecule has 4 heteroatoms. The molecule has 0 aliphatic rings. The Bertz CT molecular complexity index is 357. The van der Waals surface area contributed by atoms with E-state index in [-0.39, 0.29) is 12.1 Å². The first kappa shape index (κ1) is 14.5. The molecule has 0 aliphatic heterocycles. The summed E-state index contributed by atoms with van der Waals surface area (Å²) in [4.78, 5) is 0. The highest BCUT2D eigenvalue weighted by Gasteiger charge is 2.21. The van der Waals surface area contributed by atoms with E-state index >= 15 is 0 Å². The van der Waals surface area contributed by atoms with Gasteiger partial charge in [-0.2, -0.15) is 0 Å². The molecule has 3 nitrogen and oxygen atoms in total. The minimum Gasteiger partial charge on any atom is -0.379 e. The number of aryl methyl sites for hydroxylation is 1. The molecule has 2 unspecified atom stereocenters. The second-order valence-corrected chi connectivity index (χ2v) is 4.62. The highest BCUT2D eigenvalue weighted by Crippen LogP contribution is 2.25. The maximum absolute atomic E-state index is 6.13. The number of nitrogens with two attached hydrogens (primary N) is 1. The lowest BCUT2D eigenvalue weighted by Crippen LogP contribution is -2.37. The molecule has 0 radical (unpaired) electrons. The zero-order valence-electron chi connectivity index (χ0n) is 10.7. The molecule has 1 aromatic rings. The van der Waals surface area contributed by atoms with E-state index in [0.717, 1.165) is 29.0 Å². The van der Waals surface area contributed by atoms with Crippen LogP contribution in [0.15, 0.2) is 18.2 Å². The van der Waals surface area contributed by atoms with Gasteiger partial charge in [0.2, 0.25) is 0 Å². The SMILES string of the molecule is CCCC(OC)C(NN)c1ccc(C)c(Cl)c1. The van der Waals surface area contributed by atoms with Gasteiger partial charge in [0.25, 0.3) is 0 Å². The number of benzene rings is 1. The maximum Gasteiger partial charge on any atom is 0.0778 e. The molecule has 0 bridgehead atoms. The Morgan fingerprint density at radius 3 is 2.65 bits per heavy atom. The standard InChI is InChI=1S/C13H21ClN2O/c1-4-5-12(17-3)13(16-15)10-7-6-9(2)11(14)8-10/h6-8,12-13,16H,4-5,15H2,1-3H3. The second-order valence-electron chi connectivity index (χ2n) is 4.22. The summed E-state index contributed by atoms with van der Waals surface area (Å²) in [5.41, 5.74) is 4.94. The first-order chi connectivity index (χ1) is 8.13. The molecule has 96 valence electrons. The van der Waals surface area contributed by atoms with Gasteiger partial charge in [-0.1, -0.05) is 37.1 Å². The zero-order valence-corrected chi connectivity index (χ0v) is 11.4. The van der Waals surface area contributed by atoms with Crippen molar-refractivity contribution in [1.29, 1.82) is 0 Å². The van der Waals surface area contributed by atoms with Crippen LogP contribution in [0.5, 0.6) is 0 Å². The fourth-order valence-corrected chi connectivity index (χ4v) is 2.11. The molecule has 0 fully saturated rings. The maximum atomic E-state index is 6.13. The van der Waals surface area contributed by atoms with Crippen molar-refractivity contribution in [1.82, 2.24) is 5.43 Å². The summed E-state index contributed by atoms with van der Waals surface area (Å²) < 4.78 is 5.48. The van der Waals surface area contributed by atoms with Crippen LogP contribution in [0.2, 0.25) is 5.02 Å². The molecule has 0 spiro atoms. The van der Waals surface area contributed by atoms with E-state index in [4.69, 9.17) is 22.2 Å². The van der Waals surface area contributed by atoms with Gasteiger partial charge in [0.15, 0.2) is 0 Å². The Morgan fingerprint density at radius 1 is 1.47 bits per heavy atom. The number of hydrazine groups is 1. The van der Waals surface area contributed by atoms with Crippen LogP contribution in [0.1, 0.15) is 36.9 Å². The van der Waals surface area contributed by atoms with Crippen molar-refractivity contribution in [2.24, 2.45) is 5.84 Å². The number of hydrogen-bond acceptors (Lipinski definition) is 3. The van der Waals surface area contributed by atoms with Crippen LogP contribution in [0.25, 0.3) is 0 Å². The number of methoxy groups -OCH3 is 1. The molecule has 3 N–H and O–H groups in total. The first-order valence-electron chi connectivity index (χ1n) is 5.89. The highest BCUT2D eigenvalue weighted by atomic mass is 35.5. The van der Waals surface area contributed by atoms with Gasteiger partial charge in [0.05, 0.1) is 12.1 Å². The van der Waals surface area contributed by atoms with Crippen molar-refractivity contribution in [2.45, 2.75) is 38.8 Å². The van der Waals surface area contributed by atoms with Crippen LogP contribution in [-0.2, 0) is 4.74 Å². The molecular weight excluding hydrogens is 236 g/mol. The smallest absolute Gasteiger partial charge is 0.0778 e. The summed E-state index contributed by atoms with van der Waals surface area (Å²) in [6.45, 7) is 4.11. The van der Waals surface area contributed by atoms with Gasteiger partial charge in [0, 0.05) is 12.1 Å². The second kappa shape index (κ2) is 6.97. The molecule has 0 aromatic heterocycles. The molecule has 0 aliphatic carbocycles. The Morgan fingerprint density at radius 2 is 2.18 bits per heavy atom. The predicted octanol–water partition coefficient (Wildman–Crippen LogP) is 2.97. The van der Waals surface area contributed by atoms with Gasteiger partial charge in [-0.05, 0) is 30.5 Å². The van der Waals surface area contributed by atoms with Crippen molar-refractivity contribution >= 4 is 11.6 Å². The highest BCUT2D eigenvalue weighted by molar-refractivity contribution is 6.31. The molecule has 1 rings (SSSR count). The lowest BCUT2D eigenvalue weighted by molar-refractivity contribution is 0.0606. The Labute approximate surface area is 108 Å². The molecular formula is C13H21ClN2O. The van der Waals surface area contributed by atoms with Gasteiger partial charge >= 0.3 is 0 Å². The van der Waals surface area contributed by atoms with E-state index in [1.807, 2.05) is 25.1 Å². The number of rotatable bonds is 6. The van der Waals surface area contributed by atoms with Crippen LogP contribution in [0.4, 0.5) is 0 Å². The summed E-state index contributed by atoms with van der Waals surface area (Å²) >= 11 is 6.13. The summed E-state index contributed by atoms with van der Waals surface area (Å²) in [5.74, 6) is 5.63. The van der Waals surface area contributed by atoms with Gasteiger partial charge in [0.1, 0.15) is 0 Å². The first-order valence-corrected chi connectivity index (χ1v) is 6.26. The minimum atomic E-state index is -0.0296. The molecule has 2 atom stereocenters. The Balaban J connectivity index is 2.95. The fraction of sp³-hybridized carbons (Fsp3) is 0.538. The quantitative estimate of drug-likeness (QED) is 0.608. The van der Waals surface area contributed by atoms with Crippen LogP contribution in [-0.4, -0.2) is 13.2 Å². The largest absolute Gasteiger partial charge is 0.379 e. The topological polar surface area (TPSA) is 47.3 Å². The summed E-state index contributed by atoms with van der Waals surface area (Å²) in [6.07, 6.45) is 2.07. The Hall–Kier alpha value is -0.610. The van der Waals surface area contributed by atoms with Crippen molar-refractivity contribution in [3.05, 3.63) is 34.3 Å². The number of nitrogens with one attached hydrogen (secondary N) is 1. The van der Waals surface area contributed by atoms with Gasteiger partial charge < -0.3 is 4.74 Å². The van der Waals surface area contributed by atoms with Crippen molar-refractivity contribution < 1.29 is 4.74 Å². The summed E-state index contributed by atoms with van der Waals surface area (Å²) in [7, 11) is 1.71. The van der Waals surface area contributed by atoms with Gasteiger partial charge in [-0.3, -0.25) is 11.3 Å². The number of ether oxygens (including phenoxy) is 1. The van der Waals surface area contributed by atoms with Crippen molar-refractivity contribution in [3.63, 3.8) is 0 Å². The Kier molecular flexibility index (Phi) is 5.92. The average molecular weight is 257 g/mol. The van der Waals surface area contributed by atoms with E-state index in [1.54, 1.807) is 7.11 Å². The summed E-state index contributed by atoms with van der Waals surface area (Å²) in [5, 5.41) is 0.758.